The normalized spacial score (nSPS) is 13.9. The highest BCUT2D eigenvalue weighted by molar-refractivity contribution is 6.17. The summed E-state index contributed by atoms with van der Waals surface area (Å²) in [5.41, 5.74) is 3.49. The Morgan fingerprint density at radius 1 is 1.38 bits per heavy atom. The van der Waals surface area contributed by atoms with E-state index in [0.717, 1.165) is 40.9 Å². The molecule has 0 bridgehead atoms. The van der Waals surface area contributed by atoms with Gasteiger partial charge >= 0.3 is 5.97 Å². The van der Waals surface area contributed by atoms with Gasteiger partial charge in [-0.25, -0.2) is 4.79 Å². The fourth-order valence-corrected chi connectivity index (χ4v) is 2.66. The molecule has 5 nitrogen and oxygen atoms in total. The molecular formula is C16H18N2O3. The standard InChI is InChI=1S/C16H18N2O3/c1-3-21-16(19)13-9-17-7-6-11-12-8-10(20-2)4-5-14(12)18-15(11)13/h4-5,8-9,17-18H,3,6-7H2,1-2H3. The summed E-state index contributed by atoms with van der Waals surface area (Å²) in [6.45, 7) is 2.94. The van der Waals surface area contributed by atoms with E-state index in [1.165, 1.54) is 0 Å². The number of nitrogens with one attached hydrogen (secondary N) is 2. The number of aromatic nitrogens is 1. The average molecular weight is 286 g/mol. The second-order valence-corrected chi connectivity index (χ2v) is 4.87. The van der Waals surface area contributed by atoms with Crippen molar-refractivity contribution in [2.24, 2.45) is 0 Å². The summed E-state index contributed by atoms with van der Waals surface area (Å²) < 4.78 is 10.4. The maximum Gasteiger partial charge on any atom is 0.341 e. The molecule has 0 atom stereocenters. The van der Waals surface area contributed by atoms with Gasteiger partial charge in [-0.1, -0.05) is 0 Å². The monoisotopic (exact) mass is 286 g/mol. The molecule has 2 heterocycles. The summed E-state index contributed by atoms with van der Waals surface area (Å²) in [7, 11) is 1.65. The van der Waals surface area contributed by atoms with E-state index < -0.39 is 0 Å². The number of methoxy groups -OCH3 is 1. The molecule has 0 radical (unpaired) electrons. The topological polar surface area (TPSA) is 63.3 Å². The van der Waals surface area contributed by atoms with Crippen LogP contribution >= 0.6 is 0 Å². The lowest BCUT2D eigenvalue weighted by Crippen LogP contribution is -2.11. The van der Waals surface area contributed by atoms with Gasteiger partial charge < -0.3 is 19.8 Å². The van der Waals surface area contributed by atoms with Gasteiger partial charge in [-0.15, -0.1) is 0 Å². The first kappa shape index (κ1) is 13.5. The first-order chi connectivity index (χ1) is 10.2. The van der Waals surface area contributed by atoms with Gasteiger partial charge in [0, 0.05) is 23.6 Å². The lowest BCUT2D eigenvalue weighted by molar-refractivity contribution is -0.136. The average Bonchev–Trinajstić information content (AvgIpc) is 2.71. The van der Waals surface area contributed by atoms with Gasteiger partial charge in [0.25, 0.3) is 0 Å². The fraction of sp³-hybridized carbons (Fsp3) is 0.312. The van der Waals surface area contributed by atoms with Crippen molar-refractivity contribution >= 4 is 22.4 Å². The highest BCUT2D eigenvalue weighted by atomic mass is 16.5. The Hall–Kier alpha value is -2.43. The van der Waals surface area contributed by atoms with Crippen molar-refractivity contribution in [2.45, 2.75) is 13.3 Å². The molecule has 3 rings (SSSR count). The highest BCUT2D eigenvalue weighted by Crippen LogP contribution is 2.31. The molecule has 2 aromatic rings. The number of rotatable bonds is 3. The smallest absolute Gasteiger partial charge is 0.341 e. The van der Waals surface area contributed by atoms with Crippen molar-refractivity contribution in [2.75, 3.05) is 20.3 Å². The molecular weight excluding hydrogens is 268 g/mol. The SMILES string of the molecule is CCOC(=O)C1=CNCCc2c1[nH]c1ccc(OC)cc21. The number of hydrogen-bond acceptors (Lipinski definition) is 4. The van der Waals surface area contributed by atoms with Crippen molar-refractivity contribution in [3.8, 4) is 5.75 Å². The predicted octanol–water partition coefficient (Wildman–Crippen LogP) is 2.23. The Morgan fingerprint density at radius 2 is 2.24 bits per heavy atom. The number of hydrogen-bond donors (Lipinski definition) is 2. The summed E-state index contributed by atoms with van der Waals surface area (Å²) in [6.07, 6.45) is 2.57. The van der Waals surface area contributed by atoms with Gasteiger partial charge in [0.05, 0.1) is 25.0 Å². The summed E-state index contributed by atoms with van der Waals surface area (Å²) in [6, 6.07) is 5.88. The van der Waals surface area contributed by atoms with Crippen LogP contribution in [-0.4, -0.2) is 31.2 Å². The third-order valence-corrected chi connectivity index (χ3v) is 3.64. The van der Waals surface area contributed by atoms with E-state index in [-0.39, 0.29) is 5.97 Å². The molecule has 0 unspecified atom stereocenters. The summed E-state index contributed by atoms with van der Waals surface area (Å²) in [5, 5.41) is 4.24. The van der Waals surface area contributed by atoms with Crippen molar-refractivity contribution in [3.05, 3.63) is 35.7 Å². The zero-order valence-electron chi connectivity index (χ0n) is 12.2. The summed E-state index contributed by atoms with van der Waals surface area (Å²) >= 11 is 0. The van der Waals surface area contributed by atoms with Crippen molar-refractivity contribution < 1.29 is 14.3 Å². The van der Waals surface area contributed by atoms with Gasteiger partial charge in [0.15, 0.2) is 0 Å². The number of ether oxygens (including phenoxy) is 2. The maximum atomic E-state index is 12.1. The van der Waals surface area contributed by atoms with E-state index in [1.807, 2.05) is 18.2 Å². The number of aromatic amines is 1. The van der Waals surface area contributed by atoms with Crippen LogP contribution in [0.5, 0.6) is 5.75 Å². The molecule has 1 aliphatic heterocycles. The van der Waals surface area contributed by atoms with E-state index >= 15 is 0 Å². The van der Waals surface area contributed by atoms with Gasteiger partial charge in [0.2, 0.25) is 0 Å². The zero-order chi connectivity index (χ0) is 14.8. The van der Waals surface area contributed by atoms with Crippen LogP contribution in [0, 0.1) is 0 Å². The van der Waals surface area contributed by atoms with Gasteiger partial charge in [-0.05, 0) is 37.1 Å². The van der Waals surface area contributed by atoms with Gasteiger partial charge in [-0.2, -0.15) is 0 Å². The molecule has 1 aromatic carbocycles. The molecule has 0 saturated heterocycles. The number of esters is 1. The molecule has 0 saturated carbocycles. The van der Waals surface area contributed by atoms with Crippen LogP contribution in [0.1, 0.15) is 18.2 Å². The zero-order valence-corrected chi connectivity index (χ0v) is 12.2. The van der Waals surface area contributed by atoms with Crippen LogP contribution in [0.2, 0.25) is 0 Å². The van der Waals surface area contributed by atoms with Crippen LogP contribution in [0.15, 0.2) is 24.4 Å². The number of H-pyrrole nitrogens is 1. The molecule has 5 heteroatoms. The number of benzene rings is 1. The molecule has 0 spiro atoms. The second-order valence-electron chi connectivity index (χ2n) is 4.87. The molecule has 110 valence electrons. The Labute approximate surface area is 122 Å². The quantitative estimate of drug-likeness (QED) is 0.849. The lowest BCUT2D eigenvalue weighted by Gasteiger charge is -2.05. The minimum Gasteiger partial charge on any atom is -0.497 e. The maximum absolute atomic E-state index is 12.1. The fourth-order valence-electron chi connectivity index (χ4n) is 2.66. The van der Waals surface area contributed by atoms with Crippen LogP contribution in [0.25, 0.3) is 16.5 Å². The second kappa shape index (κ2) is 5.52. The number of carbonyl (C=O) groups excluding carboxylic acids is 1. The largest absolute Gasteiger partial charge is 0.497 e. The highest BCUT2D eigenvalue weighted by Gasteiger charge is 2.23. The lowest BCUT2D eigenvalue weighted by atomic mass is 10.0. The Morgan fingerprint density at radius 3 is 3.00 bits per heavy atom. The van der Waals surface area contributed by atoms with Crippen LogP contribution < -0.4 is 10.1 Å². The van der Waals surface area contributed by atoms with Gasteiger partial charge in [-0.3, -0.25) is 0 Å². The first-order valence-electron chi connectivity index (χ1n) is 7.04. The van der Waals surface area contributed by atoms with E-state index in [0.29, 0.717) is 12.2 Å². The van der Waals surface area contributed by atoms with E-state index in [4.69, 9.17) is 9.47 Å². The van der Waals surface area contributed by atoms with E-state index in [1.54, 1.807) is 20.2 Å². The number of carbonyl (C=O) groups is 1. The van der Waals surface area contributed by atoms with Crippen molar-refractivity contribution in [1.29, 1.82) is 0 Å². The predicted molar refractivity (Wildman–Crippen MR) is 81.2 cm³/mol. The molecule has 0 fully saturated rings. The van der Waals surface area contributed by atoms with Crippen LogP contribution in [0.4, 0.5) is 0 Å². The Kier molecular flexibility index (Phi) is 3.56. The minimum absolute atomic E-state index is 0.313. The number of fused-ring (bicyclic) bond motifs is 3. The van der Waals surface area contributed by atoms with Gasteiger partial charge in [0.1, 0.15) is 5.75 Å². The minimum atomic E-state index is -0.313. The third kappa shape index (κ3) is 2.35. The Balaban J connectivity index is 2.15. The first-order valence-corrected chi connectivity index (χ1v) is 7.04. The molecule has 1 aliphatic rings. The van der Waals surface area contributed by atoms with Crippen molar-refractivity contribution in [1.82, 2.24) is 10.3 Å². The molecule has 0 aliphatic carbocycles. The Bertz CT molecular complexity index is 716. The van der Waals surface area contributed by atoms with Crippen LogP contribution in [-0.2, 0) is 16.0 Å². The van der Waals surface area contributed by atoms with Crippen molar-refractivity contribution in [3.63, 3.8) is 0 Å². The van der Waals surface area contributed by atoms with E-state index in [2.05, 4.69) is 10.3 Å². The molecule has 1 aromatic heterocycles. The van der Waals surface area contributed by atoms with E-state index in [9.17, 15) is 4.79 Å². The summed E-state index contributed by atoms with van der Waals surface area (Å²) in [4.78, 5) is 15.5. The van der Waals surface area contributed by atoms with Crippen LogP contribution in [0.3, 0.4) is 0 Å². The molecule has 0 amide bonds. The third-order valence-electron chi connectivity index (χ3n) is 3.64. The molecule has 21 heavy (non-hydrogen) atoms. The molecule has 2 N–H and O–H groups in total. The summed E-state index contributed by atoms with van der Waals surface area (Å²) in [5.74, 6) is 0.495.